The average Bonchev–Trinajstić information content (AvgIpc) is 2.74. The Morgan fingerprint density at radius 1 is 1.07 bits per heavy atom. The highest BCUT2D eigenvalue weighted by molar-refractivity contribution is 6.31. The van der Waals surface area contributed by atoms with Gasteiger partial charge in [-0.1, -0.05) is 41.9 Å². The number of aryl methyl sites for hydroxylation is 1. The van der Waals surface area contributed by atoms with Crippen LogP contribution in [0.25, 0.3) is 0 Å². The van der Waals surface area contributed by atoms with Crippen molar-refractivity contribution in [1.29, 1.82) is 0 Å². The third kappa shape index (κ3) is 6.48. The fourth-order valence-electron chi connectivity index (χ4n) is 3.15. The Balaban J connectivity index is 1.36. The molecule has 0 aliphatic carbocycles. The number of piperazine rings is 1. The molecule has 1 heterocycles. The van der Waals surface area contributed by atoms with Crippen LogP contribution in [-0.2, 0) is 16.1 Å². The summed E-state index contributed by atoms with van der Waals surface area (Å²) in [5, 5.41) is 3.61. The van der Waals surface area contributed by atoms with Gasteiger partial charge >= 0.3 is 0 Å². The quantitative estimate of drug-likeness (QED) is 0.754. The van der Waals surface area contributed by atoms with Crippen molar-refractivity contribution in [2.75, 3.05) is 39.3 Å². The van der Waals surface area contributed by atoms with Crippen LogP contribution < -0.4 is 10.1 Å². The minimum atomic E-state index is -0.0502. The van der Waals surface area contributed by atoms with Crippen LogP contribution in [0.15, 0.2) is 48.5 Å². The molecule has 0 atom stereocenters. The van der Waals surface area contributed by atoms with E-state index in [1.54, 1.807) is 17.0 Å². The molecule has 1 N–H and O–H groups in total. The number of nitrogens with one attached hydrogen (secondary N) is 1. The van der Waals surface area contributed by atoms with E-state index in [1.165, 1.54) is 0 Å². The molecule has 1 aliphatic rings. The molecule has 3 rings (SSSR count). The number of nitrogens with zero attached hydrogens (tertiary/aromatic N) is 2. The Morgan fingerprint density at radius 2 is 1.79 bits per heavy atom. The summed E-state index contributed by atoms with van der Waals surface area (Å²) in [6.45, 7) is 5.29. The maximum atomic E-state index is 12.4. The number of hydrogen-bond donors (Lipinski definition) is 1. The van der Waals surface area contributed by atoms with Crippen molar-refractivity contribution in [3.8, 4) is 5.75 Å². The van der Waals surface area contributed by atoms with Gasteiger partial charge in [-0.05, 0) is 36.2 Å². The lowest BCUT2D eigenvalue weighted by molar-refractivity contribution is -0.135. The fraction of sp³-hybridized carbons (Fsp3) is 0.364. The first-order valence-corrected chi connectivity index (χ1v) is 10.1. The number of carbonyl (C=O) groups excluding carboxylic acids is 2. The van der Waals surface area contributed by atoms with Crippen molar-refractivity contribution in [3.63, 3.8) is 0 Å². The first-order valence-electron chi connectivity index (χ1n) is 9.71. The molecule has 29 heavy (non-hydrogen) atoms. The van der Waals surface area contributed by atoms with Crippen LogP contribution in [0.5, 0.6) is 5.75 Å². The van der Waals surface area contributed by atoms with Crippen LogP contribution in [0.4, 0.5) is 0 Å². The number of halogens is 1. The van der Waals surface area contributed by atoms with Gasteiger partial charge in [-0.2, -0.15) is 0 Å². The zero-order valence-electron chi connectivity index (χ0n) is 16.6. The number of carbonyl (C=O) groups is 2. The average molecular weight is 416 g/mol. The SMILES string of the molecule is Cc1cc(OCC(=O)N2CCN(CC(=O)NCc3ccccc3)CC2)ccc1Cl. The van der Waals surface area contributed by atoms with E-state index in [2.05, 4.69) is 10.2 Å². The van der Waals surface area contributed by atoms with Gasteiger partial charge in [-0.15, -0.1) is 0 Å². The smallest absolute Gasteiger partial charge is 0.260 e. The molecule has 1 saturated heterocycles. The summed E-state index contributed by atoms with van der Waals surface area (Å²) in [5.41, 5.74) is 1.99. The van der Waals surface area contributed by atoms with Crippen molar-refractivity contribution in [2.45, 2.75) is 13.5 Å². The summed E-state index contributed by atoms with van der Waals surface area (Å²) in [4.78, 5) is 28.4. The number of benzene rings is 2. The second kappa shape index (κ2) is 10.3. The molecule has 154 valence electrons. The third-order valence-electron chi connectivity index (χ3n) is 4.92. The molecule has 0 spiro atoms. The van der Waals surface area contributed by atoms with E-state index in [-0.39, 0.29) is 18.4 Å². The lowest BCUT2D eigenvalue weighted by atomic mass is 10.2. The second-order valence-electron chi connectivity index (χ2n) is 7.12. The molecule has 7 heteroatoms. The van der Waals surface area contributed by atoms with Crippen molar-refractivity contribution in [3.05, 3.63) is 64.7 Å². The number of ether oxygens (including phenoxy) is 1. The van der Waals surface area contributed by atoms with Gasteiger partial charge in [-0.25, -0.2) is 0 Å². The Labute approximate surface area is 176 Å². The van der Waals surface area contributed by atoms with Gasteiger partial charge < -0.3 is 15.0 Å². The molecule has 2 amide bonds. The Hall–Kier alpha value is -2.57. The minimum absolute atomic E-state index is 0.00136. The van der Waals surface area contributed by atoms with E-state index >= 15 is 0 Å². The summed E-state index contributed by atoms with van der Waals surface area (Å²) in [6.07, 6.45) is 0. The maximum absolute atomic E-state index is 12.4. The summed E-state index contributed by atoms with van der Waals surface area (Å²) >= 11 is 6.00. The third-order valence-corrected chi connectivity index (χ3v) is 5.34. The molecule has 2 aromatic rings. The topological polar surface area (TPSA) is 61.9 Å². The van der Waals surface area contributed by atoms with Crippen LogP contribution in [0.2, 0.25) is 5.02 Å². The van der Waals surface area contributed by atoms with Crippen LogP contribution in [-0.4, -0.2) is 60.9 Å². The molecular formula is C22H26ClN3O3. The zero-order chi connectivity index (χ0) is 20.6. The Kier molecular flexibility index (Phi) is 7.49. The molecule has 2 aromatic carbocycles. The monoisotopic (exact) mass is 415 g/mol. The van der Waals surface area contributed by atoms with Gasteiger partial charge in [0.05, 0.1) is 6.54 Å². The van der Waals surface area contributed by atoms with Crippen LogP contribution in [0.1, 0.15) is 11.1 Å². The lowest BCUT2D eigenvalue weighted by Gasteiger charge is -2.34. The van der Waals surface area contributed by atoms with Crippen molar-refractivity contribution in [2.24, 2.45) is 0 Å². The molecule has 1 aliphatic heterocycles. The predicted molar refractivity (Wildman–Crippen MR) is 113 cm³/mol. The molecule has 0 saturated carbocycles. The molecule has 6 nitrogen and oxygen atoms in total. The lowest BCUT2D eigenvalue weighted by Crippen LogP contribution is -2.52. The van der Waals surface area contributed by atoms with E-state index in [0.29, 0.717) is 50.0 Å². The van der Waals surface area contributed by atoms with Gasteiger partial charge in [0.25, 0.3) is 5.91 Å². The van der Waals surface area contributed by atoms with Gasteiger partial charge in [0.15, 0.2) is 6.61 Å². The summed E-state index contributed by atoms with van der Waals surface area (Å²) in [6, 6.07) is 15.2. The molecular weight excluding hydrogens is 390 g/mol. The summed E-state index contributed by atoms with van der Waals surface area (Å²) in [5.74, 6) is 0.579. The fourth-order valence-corrected chi connectivity index (χ4v) is 3.27. The van der Waals surface area contributed by atoms with Gasteiger partial charge in [0.2, 0.25) is 5.91 Å². The maximum Gasteiger partial charge on any atom is 0.260 e. The van der Waals surface area contributed by atoms with Crippen molar-refractivity contribution >= 4 is 23.4 Å². The summed E-state index contributed by atoms with van der Waals surface area (Å²) < 4.78 is 5.59. The Bertz CT molecular complexity index is 836. The first kappa shape index (κ1) is 21.1. The first-order chi connectivity index (χ1) is 14.0. The van der Waals surface area contributed by atoms with Crippen LogP contribution in [0, 0.1) is 6.92 Å². The second-order valence-corrected chi connectivity index (χ2v) is 7.53. The van der Waals surface area contributed by atoms with Crippen LogP contribution >= 0.6 is 11.6 Å². The highest BCUT2D eigenvalue weighted by Gasteiger charge is 2.22. The van der Waals surface area contributed by atoms with Crippen molar-refractivity contribution < 1.29 is 14.3 Å². The predicted octanol–water partition coefficient (Wildman–Crippen LogP) is 2.49. The Morgan fingerprint density at radius 3 is 2.48 bits per heavy atom. The standard InChI is InChI=1S/C22H26ClN3O3/c1-17-13-19(7-8-20(17)23)29-16-22(28)26-11-9-25(10-12-26)15-21(27)24-14-18-5-3-2-4-6-18/h2-8,13H,9-12,14-16H2,1H3,(H,24,27). The van der Waals surface area contributed by atoms with Gasteiger partial charge in [-0.3, -0.25) is 14.5 Å². The van der Waals surface area contributed by atoms with E-state index < -0.39 is 0 Å². The minimum Gasteiger partial charge on any atom is -0.484 e. The summed E-state index contributed by atoms with van der Waals surface area (Å²) in [7, 11) is 0. The van der Waals surface area contributed by atoms with E-state index in [1.807, 2.05) is 43.3 Å². The van der Waals surface area contributed by atoms with Crippen LogP contribution in [0.3, 0.4) is 0 Å². The normalized spacial score (nSPS) is 14.5. The molecule has 1 fully saturated rings. The molecule has 0 bridgehead atoms. The van der Waals surface area contributed by atoms with E-state index in [4.69, 9.17) is 16.3 Å². The molecule has 0 aromatic heterocycles. The number of amides is 2. The van der Waals surface area contributed by atoms with E-state index in [9.17, 15) is 9.59 Å². The number of rotatable bonds is 7. The largest absolute Gasteiger partial charge is 0.484 e. The highest BCUT2D eigenvalue weighted by Crippen LogP contribution is 2.21. The van der Waals surface area contributed by atoms with Gasteiger partial charge in [0.1, 0.15) is 5.75 Å². The molecule has 0 radical (unpaired) electrons. The van der Waals surface area contributed by atoms with Gasteiger partial charge in [0, 0.05) is 37.7 Å². The highest BCUT2D eigenvalue weighted by atomic mass is 35.5. The number of hydrogen-bond acceptors (Lipinski definition) is 4. The molecule has 0 unspecified atom stereocenters. The zero-order valence-corrected chi connectivity index (χ0v) is 17.3. The van der Waals surface area contributed by atoms with Crippen molar-refractivity contribution in [1.82, 2.24) is 15.1 Å². The van der Waals surface area contributed by atoms with E-state index in [0.717, 1.165) is 11.1 Å².